The molecule has 0 amide bonds. The van der Waals surface area contributed by atoms with E-state index < -0.39 is 0 Å². The van der Waals surface area contributed by atoms with Crippen molar-refractivity contribution in [3.8, 4) is 0 Å². The first-order valence-electron chi connectivity index (χ1n) is 10.7. The van der Waals surface area contributed by atoms with E-state index in [1.165, 1.54) is 64.2 Å². The predicted octanol–water partition coefficient (Wildman–Crippen LogP) is 3.46. The zero-order valence-corrected chi connectivity index (χ0v) is 17.1. The highest BCUT2D eigenvalue weighted by Crippen LogP contribution is 2.34. The Labute approximate surface area is 165 Å². The fourth-order valence-electron chi connectivity index (χ4n) is 3.94. The summed E-state index contributed by atoms with van der Waals surface area (Å²) in [6.45, 7) is 10.0. The van der Waals surface area contributed by atoms with Crippen LogP contribution >= 0.6 is 0 Å². The van der Waals surface area contributed by atoms with Gasteiger partial charge < -0.3 is 20.1 Å². The lowest BCUT2D eigenvalue weighted by atomic mass is 9.87. The SMILES string of the molecule is C=C(OC(=C)C1CCCCC1)C1CCCCC1.OCCN(CCO)CCO. The molecule has 0 heterocycles. The second-order valence-corrected chi connectivity index (χ2v) is 7.72. The van der Waals surface area contributed by atoms with Gasteiger partial charge in [0.25, 0.3) is 0 Å². The molecule has 2 fully saturated rings. The molecule has 158 valence electrons. The molecule has 0 radical (unpaired) electrons. The normalized spacial score (nSPS) is 18.7. The smallest absolute Gasteiger partial charge is 0.0995 e. The fourth-order valence-corrected chi connectivity index (χ4v) is 3.94. The van der Waals surface area contributed by atoms with E-state index in [0.29, 0.717) is 31.5 Å². The molecular weight excluding hydrogens is 342 g/mol. The van der Waals surface area contributed by atoms with E-state index in [0.717, 1.165) is 11.5 Å². The average Bonchev–Trinajstić information content (AvgIpc) is 2.70. The summed E-state index contributed by atoms with van der Waals surface area (Å²) in [7, 11) is 0. The summed E-state index contributed by atoms with van der Waals surface area (Å²) in [6, 6.07) is 0. The van der Waals surface area contributed by atoms with Crippen LogP contribution in [0.5, 0.6) is 0 Å². The highest BCUT2D eigenvalue weighted by Gasteiger charge is 2.22. The molecule has 0 aliphatic heterocycles. The van der Waals surface area contributed by atoms with E-state index in [-0.39, 0.29) is 19.8 Å². The molecular formula is C22H41NO4. The molecule has 5 nitrogen and oxygen atoms in total. The quantitative estimate of drug-likeness (QED) is 0.504. The Hall–Kier alpha value is -0.880. The first-order chi connectivity index (χ1) is 13.1. The predicted molar refractivity (Wildman–Crippen MR) is 110 cm³/mol. The van der Waals surface area contributed by atoms with E-state index in [1.807, 2.05) is 0 Å². The van der Waals surface area contributed by atoms with Crippen molar-refractivity contribution >= 4 is 0 Å². The van der Waals surface area contributed by atoms with E-state index in [2.05, 4.69) is 13.2 Å². The Balaban J connectivity index is 0.000000314. The number of nitrogens with zero attached hydrogens (tertiary/aromatic N) is 1. The summed E-state index contributed by atoms with van der Waals surface area (Å²) in [4.78, 5) is 1.79. The molecule has 0 spiro atoms. The molecule has 27 heavy (non-hydrogen) atoms. The van der Waals surface area contributed by atoms with Crippen molar-refractivity contribution in [2.24, 2.45) is 11.8 Å². The topological polar surface area (TPSA) is 73.2 Å². The maximum Gasteiger partial charge on any atom is 0.0995 e. The average molecular weight is 384 g/mol. The third kappa shape index (κ3) is 10.3. The Morgan fingerprint density at radius 2 is 1.00 bits per heavy atom. The van der Waals surface area contributed by atoms with Crippen LogP contribution in [-0.4, -0.2) is 59.7 Å². The zero-order valence-electron chi connectivity index (χ0n) is 17.1. The molecule has 3 N–H and O–H groups in total. The number of rotatable bonds is 10. The molecule has 0 aromatic carbocycles. The molecule has 2 aliphatic rings. The lowest BCUT2D eigenvalue weighted by Crippen LogP contribution is -2.32. The van der Waals surface area contributed by atoms with Crippen LogP contribution in [0.15, 0.2) is 24.7 Å². The van der Waals surface area contributed by atoms with Gasteiger partial charge in [0.05, 0.1) is 31.3 Å². The van der Waals surface area contributed by atoms with E-state index in [9.17, 15) is 0 Å². The first kappa shape index (κ1) is 24.2. The summed E-state index contributed by atoms with van der Waals surface area (Å²) in [6.07, 6.45) is 13.2. The van der Waals surface area contributed by atoms with Gasteiger partial charge in [0, 0.05) is 31.5 Å². The Morgan fingerprint density at radius 3 is 1.30 bits per heavy atom. The molecule has 2 rings (SSSR count). The second-order valence-electron chi connectivity index (χ2n) is 7.72. The molecule has 0 atom stereocenters. The summed E-state index contributed by atoms with van der Waals surface area (Å²) >= 11 is 0. The van der Waals surface area contributed by atoms with Crippen molar-refractivity contribution in [1.29, 1.82) is 0 Å². The Morgan fingerprint density at radius 1 is 0.667 bits per heavy atom. The van der Waals surface area contributed by atoms with Crippen LogP contribution in [0.3, 0.4) is 0 Å². The van der Waals surface area contributed by atoms with Crippen LogP contribution in [0, 0.1) is 11.8 Å². The number of allylic oxidation sites excluding steroid dienone is 2. The first-order valence-corrected chi connectivity index (χ1v) is 10.7. The van der Waals surface area contributed by atoms with Crippen LogP contribution in [-0.2, 0) is 4.74 Å². The maximum absolute atomic E-state index is 8.48. The van der Waals surface area contributed by atoms with Gasteiger partial charge in [-0.25, -0.2) is 0 Å². The maximum atomic E-state index is 8.48. The lowest BCUT2D eigenvalue weighted by Gasteiger charge is -2.28. The van der Waals surface area contributed by atoms with Gasteiger partial charge in [0.2, 0.25) is 0 Å². The fraction of sp³-hybridized carbons (Fsp3) is 0.818. The monoisotopic (exact) mass is 383 g/mol. The summed E-state index contributed by atoms with van der Waals surface area (Å²) in [5.41, 5.74) is 0. The van der Waals surface area contributed by atoms with E-state index >= 15 is 0 Å². The summed E-state index contributed by atoms with van der Waals surface area (Å²) in [5, 5.41) is 25.5. The van der Waals surface area contributed by atoms with Crippen LogP contribution < -0.4 is 0 Å². The van der Waals surface area contributed by atoms with Crippen molar-refractivity contribution in [3.63, 3.8) is 0 Å². The van der Waals surface area contributed by atoms with Crippen molar-refractivity contribution < 1.29 is 20.1 Å². The Bertz CT molecular complexity index is 359. The molecule has 0 saturated heterocycles. The summed E-state index contributed by atoms with van der Waals surface area (Å²) < 4.78 is 5.94. The minimum Gasteiger partial charge on any atom is -0.467 e. The largest absolute Gasteiger partial charge is 0.467 e. The number of hydrogen-bond donors (Lipinski definition) is 3. The zero-order chi connectivity index (χ0) is 19.9. The number of ether oxygens (including phenoxy) is 1. The molecule has 0 aromatic heterocycles. The van der Waals surface area contributed by atoms with Gasteiger partial charge in [-0.2, -0.15) is 0 Å². The Kier molecular flexibility index (Phi) is 13.5. The second kappa shape index (κ2) is 15.1. The molecule has 0 aromatic rings. The van der Waals surface area contributed by atoms with Gasteiger partial charge in [-0.1, -0.05) is 51.7 Å². The van der Waals surface area contributed by atoms with Gasteiger partial charge in [-0.3, -0.25) is 4.90 Å². The van der Waals surface area contributed by atoms with Crippen LogP contribution in [0.25, 0.3) is 0 Å². The third-order valence-electron chi connectivity index (χ3n) is 5.63. The van der Waals surface area contributed by atoms with Gasteiger partial charge in [0.15, 0.2) is 0 Å². The third-order valence-corrected chi connectivity index (χ3v) is 5.63. The molecule has 2 aliphatic carbocycles. The van der Waals surface area contributed by atoms with Crippen LogP contribution in [0.2, 0.25) is 0 Å². The van der Waals surface area contributed by atoms with E-state index in [1.54, 1.807) is 4.90 Å². The van der Waals surface area contributed by atoms with Crippen molar-refractivity contribution in [3.05, 3.63) is 24.7 Å². The van der Waals surface area contributed by atoms with Gasteiger partial charge in [0.1, 0.15) is 0 Å². The number of aliphatic hydroxyl groups excluding tert-OH is 3. The van der Waals surface area contributed by atoms with Crippen molar-refractivity contribution in [2.75, 3.05) is 39.5 Å². The lowest BCUT2D eigenvalue weighted by molar-refractivity contribution is 0.136. The minimum absolute atomic E-state index is 0.0694. The molecule has 2 saturated carbocycles. The van der Waals surface area contributed by atoms with Gasteiger partial charge in [-0.15, -0.1) is 0 Å². The van der Waals surface area contributed by atoms with E-state index in [4.69, 9.17) is 20.1 Å². The van der Waals surface area contributed by atoms with Gasteiger partial charge >= 0.3 is 0 Å². The highest BCUT2D eigenvalue weighted by molar-refractivity contribution is 5.02. The van der Waals surface area contributed by atoms with Crippen LogP contribution in [0.4, 0.5) is 0 Å². The number of hydrogen-bond acceptors (Lipinski definition) is 5. The minimum atomic E-state index is 0.0694. The molecule has 0 unspecified atom stereocenters. The number of aliphatic hydroxyl groups is 3. The van der Waals surface area contributed by atoms with Crippen LogP contribution in [0.1, 0.15) is 64.2 Å². The summed E-state index contributed by atoms with van der Waals surface area (Å²) in [5.74, 6) is 3.15. The van der Waals surface area contributed by atoms with Crippen molar-refractivity contribution in [2.45, 2.75) is 64.2 Å². The van der Waals surface area contributed by atoms with Crippen molar-refractivity contribution in [1.82, 2.24) is 4.90 Å². The van der Waals surface area contributed by atoms with Gasteiger partial charge in [-0.05, 0) is 25.7 Å². The molecule has 0 bridgehead atoms. The highest BCUT2D eigenvalue weighted by atomic mass is 16.5. The molecule has 5 heteroatoms. The standard InChI is InChI=1S/C16H26O.C6H15NO3/c1-13(15-9-5-3-6-10-15)17-14(2)16-11-7-4-8-12-16;8-4-1-7(2-5-9)3-6-10/h15-16H,1-12H2;8-10H,1-6H2.